The molecule has 24 heavy (non-hydrogen) atoms. The van der Waals surface area contributed by atoms with E-state index in [-0.39, 0.29) is 0 Å². The Kier molecular flexibility index (Phi) is 3.65. The van der Waals surface area contributed by atoms with Gasteiger partial charge in [0, 0.05) is 12.4 Å². The van der Waals surface area contributed by atoms with E-state index in [2.05, 4.69) is 20.4 Å². The van der Waals surface area contributed by atoms with Crippen LogP contribution in [-0.4, -0.2) is 64.4 Å². The van der Waals surface area contributed by atoms with Crippen LogP contribution in [0.25, 0.3) is 11.2 Å². The first kappa shape index (κ1) is 15.0. The van der Waals surface area contributed by atoms with E-state index in [0.29, 0.717) is 17.0 Å². The topological polar surface area (TPSA) is 130 Å². The summed E-state index contributed by atoms with van der Waals surface area (Å²) in [6, 6.07) is 3.73. The van der Waals surface area contributed by atoms with Crippen molar-refractivity contribution in [2.45, 2.75) is 24.5 Å². The van der Waals surface area contributed by atoms with Gasteiger partial charge < -0.3 is 20.1 Å². The second kappa shape index (κ2) is 5.83. The zero-order chi connectivity index (χ0) is 16.7. The summed E-state index contributed by atoms with van der Waals surface area (Å²) in [4.78, 5) is 12.6. The summed E-state index contributed by atoms with van der Waals surface area (Å²) in [7, 11) is 0. The molecule has 0 amide bonds. The van der Waals surface area contributed by atoms with Crippen LogP contribution < -0.4 is 5.43 Å². The first-order chi connectivity index (χ1) is 11.7. The lowest BCUT2D eigenvalue weighted by Gasteiger charge is -2.16. The van der Waals surface area contributed by atoms with Gasteiger partial charge in [0.2, 0.25) is 0 Å². The molecule has 0 radical (unpaired) electrons. The quantitative estimate of drug-likeness (QED) is 0.484. The number of rotatable bonds is 4. The molecule has 1 aliphatic rings. The molecular weight excluding hydrogens is 316 g/mol. The monoisotopic (exact) mass is 332 g/mol. The summed E-state index contributed by atoms with van der Waals surface area (Å²) in [6.45, 7) is -0.392. The standard InChI is InChI=1S/C14H16N6O4/c21-5-8-10(22)11(23)14(24-8)20-7-17-9-12(15-6-16-13(9)20)18-19-3-1-2-4-19/h1-4,6-8,10-11,14,21-23H,5H2,(H,15,16,18)/t8-,10-,11-,14-/m1/s1. The number of anilines is 1. The second-order valence-corrected chi connectivity index (χ2v) is 5.48. The van der Waals surface area contributed by atoms with E-state index in [1.54, 1.807) is 4.68 Å². The number of nitrogens with zero attached hydrogens (tertiary/aromatic N) is 5. The Hall–Kier alpha value is -2.53. The van der Waals surface area contributed by atoms with Crippen LogP contribution in [0, 0.1) is 0 Å². The van der Waals surface area contributed by atoms with E-state index in [1.165, 1.54) is 17.2 Å². The molecule has 0 bridgehead atoms. The average molecular weight is 332 g/mol. The molecule has 1 aliphatic heterocycles. The lowest BCUT2D eigenvalue weighted by molar-refractivity contribution is -0.0511. The van der Waals surface area contributed by atoms with Gasteiger partial charge in [-0.05, 0) is 12.1 Å². The summed E-state index contributed by atoms with van der Waals surface area (Å²) in [5, 5.41) is 29.3. The molecule has 1 fully saturated rings. The highest BCUT2D eigenvalue weighted by Gasteiger charge is 2.44. The molecule has 3 aromatic rings. The number of fused-ring (bicyclic) bond motifs is 1. The lowest BCUT2D eigenvalue weighted by atomic mass is 10.1. The van der Waals surface area contributed by atoms with Gasteiger partial charge in [-0.25, -0.2) is 15.0 Å². The first-order valence-electron chi connectivity index (χ1n) is 7.39. The van der Waals surface area contributed by atoms with E-state index in [4.69, 9.17) is 4.74 Å². The first-order valence-corrected chi connectivity index (χ1v) is 7.39. The number of nitrogens with one attached hydrogen (secondary N) is 1. The summed E-state index contributed by atoms with van der Waals surface area (Å²) in [5.41, 5.74) is 4.00. The minimum Gasteiger partial charge on any atom is -0.394 e. The molecule has 3 aromatic heterocycles. The van der Waals surface area contributed by atoms with Crippen molar-refractivity contribution in [1.29, 1.82) is 0 Å². The molecule has 0 aromatic carbocycles. The van der Waals surface area contributed by atoms with E-state index in [9.17, 15) is 15.3 Å². The van der Waals surface area contributed by atoms with E-state index < -0.39 is 31.1 Å². The number of aromatic nitrogens is 5. The normalized spacial score (nSPS) is 27.0. The zero-order valence-corrected chi connectivity index (χ0v) is 12.5. The van der Waals surface area contributed by atoms with Crippen LogP contribution in [0.1, 0.15) is 6.23 Å². The minimum absolute atomic E-state index is 0.392. The third kappa shape index (κ3) is 2.32. The molecule has 0 saturated carbocycles. The molecule has 4 N–H and O–H groups in total. The number of hydrogen-bond acceptors (Lipinski definition) is 8. The summed E-state index contributed by atoms with van der Waals surface area (Å²) in [5.74, 6) is 0.488. The molecule has 4 rings (SSSR count). The smallest absolute Gasteiger partial charge is 0.176 e. The second-order valence-electron chi connectivity index (χ2n) is 5.48. The number of aliphatic hydroxyl groups excluding tert-OH is 3. The highest BCUT2D eigenvalue weighted by Crippen LogP contribution is 2.32. The molecule has 0 spiro atoms. The molecule has 1 saturated heterocycles. The Balaban J connectivity index is 1.71. The maximum Gasteiger partial charge on any atom is 0.176 e. The molecule has 4 atom stereocenters. The van der Waals surface area contributed by atoms with Gasteiger partial charge >= 0.3 is 0 Å². The molecule has 126 valence electrons. The van der Waals surface area contributed by atoms with Crippen LogP contribution in [0.4, 0.5) is 5.82 Å². The number of ether oxygens (including phenoxy) is 1. The van der Waals surface area contributed by atoms with Crippen molar-refractivity contribution >= 4 is 17.0 Å². The van der Waals surface area contributed by atoms with Crippen molar-refractivity contribution in [2.75, 3.05) is 12.0 Å². The Morgan fingerprint density at radius 3 is 2.62 bits per heavy atom. The van der Waals surface area contributed by atoms with Crippen LogP contribution in [-0.2, 0) is 4.74 Å². The van der Waals surface area contributed by atoms with Crippen LogP contribution >= 0.6 is 0 Å². The fourth-order valence-electron chi connectivity index (χ4n) is 2.76. The molecule has 0 unspecified atom stereocenters. The van der Waals surface area contributed by atoms with Crippen molar-refractivity contribution in [3.05, 3.63) is 37.2 Å². The Morgan fingerprint density at radius 1 is 1.12 bits per heavy atom. The van der Waals surface area contributed by atoms with Crippen molar-refractivity contribution in [2.24, 2.45) is 0 Å². The fraction of sp³-hybridized carbons (Fsp3) is 0.357. The highest BCUT2D eigenvalue weighted by molar-refractivity contribution is 5.82. The average Bonchev–Trinajstić information content (AvgIpc) is 3.30. The summed E-state index contributed by atoms with van der Waals surface area (Å²) in [6.07, 6.45) is 2.33. The maximum absolute atomic E-state index is 10.2. The summed E-state index contributed by atoms with van der Waals surface area (Å²) < 4.78 is 8.75. The van der Waals surface area contributed by atoms with Crippen LogP contribution in [0.5, 0.6) is 0 Å². The van der Waals surface area contributed by atoms with Crippen LogP contribution in [0.15, 0.2) is 37.2 Å². The van der Waals surface area contributed by atoms with E-state index in [1.807, 2.05) is 24.5 Å². The Bertz CT molecular complexity index is 835. The number of imidazole rings is 1. The third-order valence-electron chi connectivity index (χ3n) is 3.99. The Morgan fingerprint density at radius 2 is 1.92 bits per heavy atom. The predicted molar refractivity (Wildman–Crippen MR) is 81.8 cm³/mol. The van der Waals surface area contributed by atoms with Gasteiger partial charge in [0.05, 0.1) is 12.9 Å². The number of aliphatic hydroxyl groups is 3. The van der Waals surface area contributed by atoms with Gasteiger partial charge in [0.1, 0.15) is 24.6 Å². The predicted octanol–water partition coefficient (Wildman–Crippen LogP) is -0.886. The van der Waals surface area contributed by atoms with Crippen molar-refractivity contribution in [1.82, 2.24) is 24.2 Å². The van der Waals surface area contributed by atoms with Crippen molar-refractivity contribution < 1.29 is 20.1 Å². The number of hydrogen-bond donors (Lipinski definition) is 4. The van der Waals surface area contributed by atoms with E-state index in [0.717, 1.165) is 0 Å². The Labute approximate surface area is 136 Å². The zero-order valence-electron chi connectivity index (χ0n) is 12.5. The van der Waals surface area contributed by atoms with Crippen molar-refractivity contribution in [3.8, 4) is 0 Å². The van der Waals surface area contributed by atoms with Gasteiger partial charge in [-0.1, -0.05) is 0 Å². The lowest BCUT2D eigenvalue weighted by Crippen LogP contribution is -2.33. The van der Waals surface area contributed by atoms with Crippen LogP contribution in [0.2, 0.25) is 0 Å². The largest absolute Gasteiger partial charge is 0.394 e. The minimum atomic E-state index is -1.20. The van der Waals surface area contributed by atoms with Gasteiger partial charge in [0.15, 0.2) is 23.2 Å². The van der Waals surface area contributed by atoms with Crippen molar-refractivity contribution in [3.63, 3.8) is 0 Å². The summed E-state index contributed by atoms with van der Waals surface area (Å²) >= 11 is 0. The maximum atomic E-state index is 10.2. The molecule has 0 aliphatic carbocycles. The SMILES string of the molecule is OC[C@H]1O[C@@H](n2cnc3c(Nn4cccc4)ncnc32)[C@H](O)[C@@H]1O. The van der Waals surface area contributed by atoms with Crippen LogP contribution in [0.3, 0.4) is 0 Å². The van der Waals surface area contributed by atoms with E-state index >= 15 is 0 Å². The highest BCUT2D eigenvalue weighted by atomic mass is 16.6. The molecule has 10 nitrogen and oxygen atoms in total. The van der Waals surface area contributed by atoms with Gasteiger partial charge in [-0.2, -0.15) is 0 Å². The third-order valence-corrected chi connectivity index (χ3v) is 3.99. The van der Waals surface area contributed by atoms with Gasteiger partial charge in [-0.3, -0.25) is 14.7 Å². The van der Waals surface area contributed by atoms with Gasteiger partial charge in [-0.15, -0.1) is 0 Å². The fourth-order valence-corrected chi connectivity index (χ4v) is 2.76. The molecule has 4 heterocycles. The molecular formula is C14H16N6O4. The molecule has 10 heteroatoms. The van der Waals surface area contributed by atoms with Gasteiger partial charge in [0.25, 0.3) is 0 Å².